The fraction of sp³-hybridized carbons (Fsp3) is 0.0625. The second kappa shape index (κ2) is 13.9. The van der Waals surface area contributed by atoms with Crippen molar-refractivity contribution in [3.63, 3.8) is 0 Å². The first-order chi connectivity index (χ1) is 19.8. The third-order valence-electron chi connectivity index (χ3n) is 5.80. The van der Waals surface area contributed by atoms with Crippen molar-refractivity contribution in [3.8, 4) is 5.75 Å². The van der Waals surface area contributed by atoms with Crippen LogP contribution in [-0.2, 0) is 4.79 Å². The molecule has 41 heavy (non-hydrogen) atoms. The molecule has 0 bridgehead atoms. The molecule has 0 saturated heterocycles. The fourth-order valence-electron chi connectivity index (χ4n) is 3.64. The molecule has 0 aliphatic rings. The van der Waals surface area contributed by atoms with E-state index in [1.807, 2.05) is 43.3 Å². The van der Waals surface area contributed by atoms with E-state index in [9.17, 15) is 14.4 Å². The van der Waals surface area contributed by atoms with Gasteiger partial charge in [0.05, 0.1) is 11.8 Å². The van der Waals surface area contributed by atoms with Gasteiger partial charge in [-0.25, -0.2) is 10.2 Å². The molecule has 0 aliphatic heterocycles. The lowest BCUT2D eigenvalue weighted by atomic mass is 10.1. The van der Waals surface area contributed by atoms with Gasteiger partial charge in [0.1, 0.15) is 11.4 Å². The van der Waals surface area contributed by atoms with Crippen molar-refractivity contribution >= 4 is 51.7 Å². The molecule has 0 aromatic heterocycles. The van der Waals surface area contributed by atoms with Crippen molar-refractivity contribution in [2.24, 2.45) is 5.10 Å². The number of carbonyl (C=O) groups excluding carboxylic acids is 3. The number of ether oxygens (including phenoxy) is 1. The molecule has 0 aliphatic carbocycles. The highest BCUT2D eigenvalue weighted by Crippen LogP contribution is 2.23. The average molecular weight is 611 g/mol. The topological polar surface area (TPSA) is 100 Å². The molecule has 9 heteroatoms. The summed E-state index contributed by atoms with van der Waals surface area (Å²) in [5.41, 5.74) is 5.39. The predicted octanol–water partition coefficient (Wildman–Crippen LogP) is 5.66. The summed E-state index contributed by atoms with van der Waals surface area (Å²) in [5.74, 6) is -1.35. The first-order valence-corrected chi connectivity index (χ1v) is 13.3. The molecule has 4 aromatic carbocycles. The van der Waals surface area contributed by atoms with Gasteiger partial charge in [0.15, 0.2) is 0 Å². The Morgan fingerprint density at radius 2 is 1.46 bits per heavy atom. The second-order valence-corrected chi connectivity index (χ2v) is 9.92. The van der Waals surface area contributed by atoms with Crippen LogP contribution in [0.4, 0.5) is 5.69 Å². The SMILES string of the molecule is CN(C)c1ccc(/C=C(/NC(=O)c2ccccc2)C(=O)N/N=C/c2cc(Br)ccc2OC(=O)c2ccccc2)cc1. The highest BCUT2D eigenvalue weighted by atomic mass is 79.9. The minimum atomic E-state index is -0.639. The van der Waals surface area contributed by atoms with Crippen LogP contribution in [0.3, 0.4) is 0 Å². The van der Waals surface area contributed by atoms with Gasteiger partial charge in [0.2, 0.25) is 0 Å². The van der Waals surface area contributed by atoms with Gasteiger partial charge in [0.25, 0.3) is 11.8 Å². The number of hydrogen-bond donors (Lipinski definition) is 2. The molecule has 0 unspecified atom stereocenters. The van der Waals surface area contributed by atoms with E-state index >= 15 is 0 Å². The van der Waals surface area contributed by atoms with Gasteiger partial charge in [-0.3, -0.25) is 9.59 Å². The maximum atomic E-state index is 13.2. The van der Waals surface area contributed by atoms with Crippen molar-refractivity contribution in [2.75, 3.05) is 19.0 Å². The number of rotatable bonds is 9. The van der Waals surface area contributed by atoms with Crippen LogP contribution < -0.4 is 20.4 Å². The number of anilines is 1. The Labute approximate surface area is 246 Å². The summed E-state index contributed by atoms with van der Waals surface area (Å²) in [6.45, 7) is 0. The molecular formula is C32H27BrN4O4. The first kappa shape index (κ1) is 29.0. The molecule has 0 radical (unpaired) electrons. The number of benzene rings is 4. The molecule has 206 valence electrons. The molecule has 4 rings (SSSR count). The highest BCUT2D eigenvalue weighted by molar-refractivity contribution is 9.10. The van der Waals surface area contributed by atoms with E-state index in [4.69, 9.17) is 4.74 Å². The number of amides is 2. The molecule has 2 N–H and O–H groups in total. The Morgan fingerprint density at radius 3 is 2.10 bits per heavy atom. The molecule has 4 aromatic rings. The van der Waals surface area contributed by atoms with E-state index in [2.05, 4.69) is 31.8 Å². The van der Waals surface area contributed by atoms with Crippen LogP contribution in [0.1, 0.15) is 31.8 Å². The van der Waals surface area contributed by atoms with Crippen LogP contribution >= 0.6 is 15.9 Å². The fourth-order valence-corrected chi connectivity index (χ4v) is 4.02. The maximum Gasteiger partial charge on any atom is 0.343 e. The second-order valence-electron chi connectivity index (χ2n) is 9.00. The van der Waals surface area contributed by atoms with Gasteiger partial charge in [-0.15, -0.1) is 0 Å². The van der Waals surface area contributed by atoms with Gasteiger partial charge in [-0.2, -0.15) is 5.10 Å². The standard InChI is InChI=1S/C32H27BrN4O4/c1-37(2)27-16-13-22(14-17-27)19-28(35-30(38)23-9-5-3-6-10-23)31(39)36-34-21-25-20-26(33)15-18-29(25)41-32(40)24-11-7-4-8-12-24/h3-21H,1-2H3,(H,35,38)(H,36,39)/b28-19+,34-21+. The van der Waals surface area contributed by atoms with Crippen LogP contribution in [0.15, 0.2) is 118 Å². The van der Waals surface area contributed by atoms with Crippen molar-refractivity contribution in [1.29, 1.82) is 0 Å². The summed E-state index contributed by atoms with van der Waals surface area (Å²) in [5, 5.41) is 6.75. The minimum Gasteiger partial charge on any atom is -0.422 e. The Hall–Kier alpha value is -5.02. The van der Waals surface area contributed by atoms with Crippen molar-refractivity contribution in [3.05, 3.63) is 136 Å². The maximum absolute atomic E-state index is 13.2. The number of carbonyl (C=O) groups is 3. The molecule has 0 heterocycles. The Balaban J connectivity index is 1.54. The number of halogens is 1. The number of hydrazone groups is 1. The van der Waals surface area contributed by atoms with Crippen molar-refractivity contribution in [1.82, 2.24) is 10.7 Å². The number of esters is 1. The van der Waals surface area contributed by atoms with Gasteiger partial charge < -0.3 is 15.0 Å². The van der Waals surface area contributed by atoms with Crippen molar-refractivity contribution in [2.45, 2.75) is 0 Å². The van der Waals surface area contributed by atoms with Gasteiger partial charge in [0, 0.05) is 35.4 Å². The average Bonchev–Trinajstić information content (AvgIpc) is 2.99. The molecule has 8 nitrogen and oxygen atoms in total. The van der Waals surface area contributed by atoms with Crippen molar-refractivity contribution < 1.29 is 19.1 Å². The lowest BCUT2D eigenvalue weighted by Gasteiger charge is -2.13. The quantitative estimate of drug-likeness (QED) is 0.0838. The largest absolute Gasteiger partial charge is 0.422 e. The third-order valence-corrected chi connectivity index (χ3v) is 6.30. The van der Waals surface area contributed by atoms with E-state index in [1.54, 1.807) is 84.9 Å². The summed E-state index contributed by atoms with van der Waals surface area (Å²) in [4.78, 5) is 40.6. The van der Waals surface area contributed by atoms with Crippen LogP contribution in [0.25, 0.3) is 6.08 Å². The zero-order valence-electron chi connectivity index (χ0n) is 22.4. The lowest BCUT2D eigenvalue weighted by Crippen LogP contribution is -2.32. The van der Waals surface area contributed by atoms with Crippen LogP contribution in [0.2, 0.25) is 0 Å². The Bertz CT molecular complexity index is 1590. The van der Waals surface area contributed by atoms with Gasteiger partial charge in [-0.05, 0) is 66.2 Å². The summed E-state index contributed by atoms with van der Waals surface area (Å²) in [7, 11) is 3.86. The summed E-state index contributed by atoms with van der Waals surface area (Å²) >= 11 is 3.40. The van der Waals surface area contributed by atoms with E-state index < -0.39 is 17.8 Å². The smallest absolute Gasteiger partial charge is 0.343 e. The number of nitrogens with zero attached hydrogens (tertiary/aromatic N) is 2. The van der Waals surface area contributed by atoms with Crippen LogP contribution in [-0.4, -0.2) is 38.1 Å². The molecule has 0 saturated carbocycles. The van der Waals surface area contributed by atoms with E-state index in [-0.39, 0.29) is 11.4 Å². The van der Waals surface area contributed by atoms with Gasteiger partial charge >= 0.3 is 5.97 Å². The van der Waals surface area contributed by atoms with E-state index in [0.29, 0.717) is 22.3 Å². The number of nitrogens with one attached hydrogen (secondary N) is 2. The molecule has 0 atom stereocenters. The zero-order valence-corrected chi connectivity index (χ0v) is 24.0. The predicted molar refractivity (Wildman–Crippen MR) is 164 cm³/mol. The Kier molecular flexibility index (Phi) is 9.80. The Morgan fingerprint density at radius 1 is 0.829 bits per heavy atom. The number of hydrogen-bond acceptors (Lipinski definition) is 6. The van der Waals surface area contributed by atoms with Crippen LogP contribution in [0.5, 0.6) is 5.75 Å². The van der Waals surface area contributed by atoms with Crippen LogP contribution in [0, 0.1) is 0 Å². The molecule has 0 fully saturated rings. The monoisotopic (exact) mass is 610 g/mol. The van der Waals surface area contributed by atoms with E-state index in [0.717, 1.165) is 10.2 Å². The molecule has 0 spiro atoms. The normalized spacial score (nSPS) is 11.1. The lowest BCUT2D eigenvalue weighted by molar-refractivity contribution is -0.117. The van der Waals surface area contributed by atoms with E-state index in [1.165, 1.54) is 6.21 Å². The molecular weight excluding hydrogens is 584 g/mol. The highest BCUT2D eigenvalue weighted by Gasteiger charge is 2.15. The minimum absolute atomic E-state index is 0.00132. The first-order valence-electron chi connectivity index (χ1n) is 12.6. The summed E-state index contributed by atoms with van der Waals surface area (Å²) in [6.07, 6.45) is 2.93. The molecule has 2 amide bonds. The zero-order chi connectivity index (χ0) is 29.2. The summed E-state index contributed by atoms with van der Waals surface area (Å²) in [6, 6.07) is 29.7. The summed E-state index contributed by atoms with van der Waals surface area (Å²) < 4.78 is 6.29. The third kappa shape index (κ3) is 8.23. The van der Waals surface area contributed by atoms with Gasteiger partial charge in [-0.1, -0.05) is 64.5 Å².